The minimum absolute atomic E-state index is 0.0138. The van der Waals surface area contributed by atoms with Crippen molar-refractivity contribution in [2.24, 2.45) is 11.8 Å². The maximum Gasteiger partial charge on any atom is 0.307 e. The van der Waals surface area contributed by atoms with Gasteiger partial charge in [0.15, 0.2) is 0 Å². The average molecular weight is 289 g/mol. The van der Waals surface area contributed by atoms with Gasteiger partial charge in [-0.2, -0.15) is 0 Å². The van der Waals surface area contributed by atoms with Gasteiger partial charge in [0.2, 0.25) is 5.91 Å². The van der Waals surface area contributed by atoms with Gasteiger partial charge in [0.05, 0.1) is 17.5 Å². The number of carbonyl (C=O) groups excluding carboxylic acids is 1. The van der Waals surface area contributed by atoms with Crippen LogP contribution in [0.2, 0.25) is 0 Å². The van der Waals surface area contributed by atoms with Gasteiger partial charge >= 0.3 is 5.97 Å². The van der Waals surface area contributed by atoms with Gasteiger partial charge in [0, 0.05) is 38.9 Å². The van der Waals surface area contributed by atoms with Crippen molar-refractivity contribution in [2.45, 2.75) is 13.0 Å². The molecule has 1 aliphatic carbocycles. The zero-order chi connectivity index (χ0) is 14.8. The van der Waals surface area contributed by atoms with Crippen molar-refractivity contribution in [3.8, 4) is 0 Å². The lowest BCUT2D eigenvalue weighted by molar-refractivity contribution is -0.142. The number of carboxylic acid groups (broad SMARTS) is 1. The number of hydrogen-bond acceptors (Lipinski definition) is 4. The second-order valence-electron chi connectivity index (χ2n) is 5.71. The van der Waals surface area contributed by atoms with E-state index < -0.39 is 11.9 Å². The molecule has 6 nitrogen and oxygen atoms in total. The van der Waals surface area contributed by atoms with Crippen LogP contribution >= 0.6 is 0 Å². The van der Waals surface area contributed by atoms with Gasteiger partial charge in [-0.25, -0.2) is 0 Å². The maximum absolute atomic E-state index is 12.2. The van der Waals surface area contributed by atoms with E-state index in [1.165, 1.54) is 0 Å². The number of nitrogens with zero attached hydrogens (tertiary/aromatic N) is 3. The summed E-state index contributed by atoms with van der Waals surface area (Å²) in [5.74, 6) is -1.57. The van der Waals surface area contributed by atoms with Gasteiger partial charge < -0.3 is 10.0 Å². The summed E-state index contributed by atoms with van der Waals surface area (Å²) in [5.41, 5.74) is 1.03. The topological polar surface area (TPSA) is 73.7 Å². The van der Waals surface area contributed by atoms with Crippen LogP contribution in [-0.2, 0) is 16.1 Å². The van der Waals surface area contributed by atoms with Crippen molar-refractivity contribution in [1.82, 2.24) is 14.8 Å². The van der Waals surface area contributed by atoms with Crippen molar-refractivity contribution in [3.05, 3.63) is 30.1 Å². The molecule has 1 N–H and O–H groups in total. The molecule has 2 fully saturated rings. The predicted octanol–water partition coefficient (Wildman–Crippen LogP) is 0.446. The fourth-order valence-corrected chi connectivity index (χ4v) is 2.82. The summed E-state index contributed by atoms with van der Waals surface area (Å²) in [6, 6.07) is 5.87. The van der Waals surface area contributed by atoms with E-state index in [4.69, 9.17) is 5.11 Å². The molecule has 1 saturated carbocycles. The lowest BCUT2D eigenvalue weighted by Gasteiger charge is -2.34. The van der Waals surface area contributed by atoms with Gasteiger partial charge in [-0.05, 0) is 18.6 Å². The molecule has 1 aromatic heterocycles. The van der Waals surface area contributed by atoms with Crippen LogP contribution in [0.3, 0.4) is 0 Å². The monoisotopic (exact) mass is 289 g/mol. The number of piperazine rings is 1. The molecule has 1 aromatic rings. The highest BCUT2D eigenvalue weighted by molar-refractivity contribution is 5.89. The van der Waals surface area contributed by atoms with Crippen LogP contribution in [0.5, 0.6) is 0 Å². The lowest BCUT2D eigenvalue weighted by Crippen LogP contribution is -2.49. The normalized spacial score (nSPS) is 25.6. The first-order chi connectivity index (χ1) is 10.1. The zero-order valence-electron chi connectivity index (χ0n) is 11.8. The minimum Gasteiger partial charge on any atom is -0.481 e. The Kier molecular flexibility index (Phi) is 3.88. The summed E-state index contributed by atoms with van der Waals surface area (Å²) in [4.78, 5) is 31.4. The number of hydrogen-bond donors (Lipinski definition) is 1. The van der Waals surface area contributed by atoms with E-state index in [9.17, 15) is 9.59 Å². The van der Waals surface area contributed by atoms with Crippen molar-refractivity contribution in [3.63, 3.8) is 0 Å². The second-order valence-corrected chi connectivity index (χ2v) is 5.71. The van der Waals surface area contributed by atoms with E-state index in [1.54, 1.807) is 6.20 Å². The van der Waals surface area contributed by atoms with Crippen molar-refractivity contribution >= 4 is 11.9 Å². The quantitative estimate of drug-likeness (QED) is 0.871. The fraction of sp³-hybridized carbons (Fsp3) is 0.533. The van der Waals surface area contributed by atoms with Crippen LogP contribution in [-0.4, -0.2) is 57.9 Å². The molecular formula is C15H19N3O3. The van der Waals surface area contributed by atoms with E-state index in [1.807, 2.05) is 23.1 Å². The van der Waals surface area contributed by atoms with Gasteiger partial charge in [-0.15, -0.1) is 0 Å². The van der Waals surface area contributed by atoms with E-state index in [0.717, 1.165) is 25.3 Å². The van der Waals surface area contributed by atoms with Gasteiger partial charge in [0.1, 0.15) is 0 Å². The molecule has 1 saturated heterocycles. The average Bonchev–Trinajstić information content (AvgIpc) is 3.29. The molecule has 0 aromatic carbocycles. The first kappa shape index (κ1) is 14.0. The third-order valence-electron chi connectivity index (χ3n) is 4.22. The maximum atomic E-state index is 12.2. The van der Waals surface area contributed by atoms with Crippen molar-refractivity contribution in [1.29, 1.82) is 0 Å². The summed E-state index contributed by atoms with van der Waals surface area (Å²) < 4.78 is 0. The Hall–Kier alpha value is -1.95. The molecule has 1 amide bonds. The Labute approximate surface area is 123 Å². The SMILES string of the molecule is O=C(O)[C@H]1C[C@H]1C(=O)N1CCN(Cc2ccccn2)CC1. The first-order valence-electron chi connectivity index (χ1n) is 7.29. The van der Waals surface area contributed by atoms with E-state index in [-0.39, 0.29) is 11.8 Å². The highest BCUT2D eigenvalue weighted by Gasteiger charge is 2.49. The van der Waals surface area contributed by atoms with Crippen LogP contribution in [0.4, 0.5) is 0 Å². The predicted molar refractivity (Wildman–Crippen MR) is 75.3 cm³/mol. The van der Waals surface area contributed by atoms with Crippen LogP contribution in [0.1, 0.15) is 12.1 Å². The molecule has 1 aliphatic heterocycles. The standard InChI is InChI=1S/C15H19N3O3/c19-14(12-9-13(12)15(20)21)18-7-5-17(6-8-18)10-11-3-1-2-4-16-11/h1-4,12-13H,5-10H2,(H,20,21)/t12-,13+/m1/s1. The summed E-state index contributed by atoms with van der Waals surface area (Å²) in [6.07, 6.45) is 2.29. The van der Waals surface area contributed by atoms with Crippen LogP contribution in [0.25, 0.3) is 0 Å². The molecular weight excluding hydrogens is 270 g/mol. The van der Waals surface area contributed by atoms with Crippen LogP contribution in [0, 0.1) is 11.8 Å². The summed E-state index contributed by atoms with van der Waals surface area (Å²) in [7, 11) is 0. The van der Waals surface area contributed by atoms with E-state index >= 15 is 0 Å². The van der Waals surface area contributed by atoms with E-state index in [2.05, 4.69) is 9.88 Å². The molecule has 3 rings (SSSR count). The van der Waals surface area contributed by atoms with Crippen molar-refractivity contribution in [2.75, 3.05) is 26.2 Å². The largest absolute Gasteiger partial charge is 0.481 e. The molecule has 6 heteroatoms. The molecule has 0 radical (unpaired) electrons. The molecule has 0 unspecified atom stereocenters. The number of aliphatic carboxylic acids is 1. The van der Waals surface area contributed by atoms with Crippen LogP contribution < -0.4 is 0 Å². The molecule has 2 aliphatic rings. The fourth-order valence-electron chi connectivity index (χ4n) is 2.82. The zero-order valence-corrected chi connectivity index (χ0v) is 11.8. The van der Waals surface area contributed by atoms with Gasteiger partial charge in [-0.3, -0.25) is 19.5 Å². The first-order valence-corrected chi connectivity index (χ1v) is 7.29. The second kappa shape index (κ2) is 5.81. The Morgan fingerprint density at radius 2 is 1.95 bits per heavy atom. The van der Waals surface area contributed by atoms with Crippen molar-refractivity contribution < 1.29 is 14.7 Å². The summed E-state index contributed by atoms with van der Waals surface area (Å²) in [6.45, 7) is 3.77. The number of carboxylic acids is 1. The third-order valence-corrected chi connectivity index (χ3v) is 4.22. The van der Waals surface area contributed by atoms with E-state index in [0.29, 0.717) is 19.5 Å². The summed E-state index contributed by atoms with van der Waals surface area (Å²) >= 11 is 0. The summed E-state index contributed by atoms with van der Waals surface area (Å²) in [5, 5.41) is 8.89. The molecule has 2 heterocycles. The highest BCUT2D eigenvalue weighted by Crippen LogP contribution is 2.40. The number of amides is 1. The van der Waals surface area contributed by atoms with Gasteiger partial charge in [-0.1, -0.05) is 6.07 Å². The number of rotatable bonds is 4. The Balaban J connectivity index is 1.47. The molecule has 21 heavy (non-hydrogen) atoms. The molecule has 0 bridgehead atoms. The molecule has 2 atom stereocenters. The van der Waals surface area contributed by atoms with Gasteiger partial charge in [0.25, 0.3) is 0 Å². The number of pyridine rings is 1. The number of aromatic nitrogens is 1. The highest BCUT2D eigenvalue weighted by atomic mass is 16.4. The Morgan fingerprint density at radius 3 is 2.52 bits per heavy atom. The third kappa shape index (κ3) is 3.21. The minimum atomic E-state index is -0.845. The Morgan fingerprint density at radius 1 is 1.19 bits per heavy atom. The Bertz CT molecular complexity index is 526. The lowest BCUT2D eigenvalue weighted by atomic mass is 10.2. The smallest absolute Gasteiger partial charge is 0.307 e. The molecule has 112 valence electrons. The van der Waals surface area contributed by atoms with Crippen LogP contribution in [0.15, 0.2) is 24.4 Å². The molecule has 0 spiro atoms. The number of carbonyl (C=O) groups is 2.